The molecule has 0 saturated heterocycles. The molecule has 0 aliphatic carbocycles. The first-order valence-corrected chi connectivity index (χ1v) is 3.67. The van der Waals surface area contributed by atoms with Crippen molar-refractivity contribution in [3.05, 3.63) is 12.3 Å². The maximum absolute atomic E-state index is 8.25. The van der Waals surface area contributed by atoms with Gasteiger partial charge in [0, 0.05) is 4.83 Å². The van der Waals surface area contributed by atoms with E-state index in [1.54, 1.807) is 6.08 Å². The minimum atomic E-state index is 0.345. The van der Waals surface area contributed by atoms with Crippen LogP contribution in [0.2, 0.25) is 0 Å². The van der Waals surface area contributed by atoms with Gasteiger partial charge in [0.25, 0.3) is 0 Å². The first kappa shape index (κ1) is 8.02. The van der Waals surface area contributed by atoms with Gasteiger partial charge >= 0.3 is 0 Å². The van der Waals surface area contributed by atoms with Crippen LogP contribution in [0.25, 0.3) is 0 Å². The number of hydrogen-bond acceptors (Lipinski definition) is 1. The van der Waals surface area contributed by atoms with Gasteiger partial charge in [0.2, 0.25) is 0 Å². The van der Waals surface area contributed by atoms with E-state index in [-0.39, 0.29) is 0 Å². The Bertz CT molecular complexity index is 70.9. The molecule has 0 aromatic carbocycles. The van der Waals surface area contributed by atoms with Crippen LogP contribution >= 0.6 is 15.9 Å². The molecule has 0 bridgehead atoms. The predicted molar refractivity (Wildman–Crippen MR) is 39.4 cm³/mol. The Morgan fingerprint density at radius 1 is 1.75 bits per heavy atom. The minimum absolute atomic E-state index is 0.345. The largest absolute Gasteiger partial charge is 0.516 e. The normalized spacial score (nSPS) is 14.8. The van der Waals surface area contributed by atoms with Crippen LogP contribution in [-0.4, -0.2) is 9.93 Å². The summed E-state index contributed by atoms with van der Waals surface area (Å²) >= 11 is 3.35. The molecule has 0 radical (unpaired) electrons. The molecule has 2 heteroatoms. The van der Waals surface area contributed by atoms with E-state index in [9.17, 15) is 0 Å². The van der Waals surface area contributed by atoms with Crippen LogP contribution in [0.15, 0.2) is 12.3 Å². The standard InChI is InChI=1S/C6H11BrO/c1-2-3-6(7)4-5-8/h4-6,8H,2-3H2,1H3. The summed E-state index contributed by atoms with van der Waals surface area (Å²) in [6.07, 6.45) is 5.02. The van der Waals surface area contributed by atoms with Crippen molar-refractivity contribution >= 4 is 15.9 Å². The molecular formula is C6H11BrO. The van der Waals surface area contributed by atoms with Crippen molar-refractivity contribution in [1.29, 1.82) is 0 Å². The number of alkyl halides is 1. The van der Waals surface area contributed by atoms with E-state index in [2.05, 4.69) is 22.9 Å². The highest BCUT2D eigenvalue weighted by Gasteiger charge is 1.93. The summed E-state index contributed by atoms with van der Waals surface area (Å²) in [7, 11) is 0. The van der Waals surface area contributed by atoms with Crippen LogP contribution in [0, 0.1) is 0 Å². The summed E-state index contributed by atoms with van der Waals surface area (Å²) < 4.78 is 0. The quantitative estimate of drug-likeness (QED) is 0.521. The van der Waals surface area contributed by atoms with Crippen molar-refractivity contribution < 1.29 is 5.11 Å². The van der Waals surface area contributed by atoms with Gasteiger partial charge in [0.15, 0.2) is 0 Å². The van der Waals surface area contributed by atoms with Crippen molar-refractivity contribution in [3.63, 3.8) is 0 Å². The lowest BCUT2D eigenvalue weighted by Gasteiger charge is -1.96. The topological polar surface area (TPSA) is 20.2 Å². The fourth-order valence-electron chi connectivity index (χ4n) is 0.465. The Kier molecular flexibility index (Phi) is 5.18. The third kappa shape index (κ3) is 4.19. The molecule has 0 aliphatic rings. The Balaban J connectivity index is 3.17. The van der Waals surface area contributed by atoms with E-state index in [0.29, 0.717) is 4.83 Å². The molecule has 1 atom stereocenters. The molecule has 0 rings (SSSR count). The highest BCUT2D eigenvalue weighted by atomic mass is 79.9. The molecule has 0 spiro atoms. The summed E-state index contributed by atoms with van der Waals surface area (Å²) in [6, 6.07) is 0. The lowest BCUT2D eigenvalue weighted by molar-refractivity contribution is 0.470. The summed E-state index contributed by atoms with van der Waals surface area (Å²) in [5.41, 5.74) is 0. The van der Waals surface area contributed by atoms with Gasteiger partial charge in [0.05, 0.1) is 6.26 Å². The molecule has 1 nitrogen and oxygen atoms in total. The SMILES string of the molecule is CCCC(Br)C=CO. The monoisotopic (exact) mass is 178 g/mol. The van der Waals surface area contributed by atoms with Gasteiger partial charge in [-0.15, -0.1) is 0 Å². The number of aliphatic hydroxyl groups excluding tert-OH is 1. The molecule has 0 aliphatic heterocycles. The first-order valence-electron chi connectivity index (χ1n) is 2.76. The second kappa shape index (κ2) is 5.16. The van der Waals surface area contributed by atoms with Crippen molar-refractivity contribution in [3.8, 4) is 0 Å². The number of halogens is 1. The van der Waals surface area contributed by atoms with Crippen LogP contribution < -0.4 is 0 Å². The third-order valence-corrected chi connectivity index (χ3v) is 1.62. The number of rotatable bonds is 3. The van der Waals surface area contributed by atoms with E-state index in [0.717, 1.165) is 19.1 Å². The van der Waals surface area contributed by atoms with E-state index in [1.165, 1.54) is 0 Å². The summed E-state index contributed by atoms with van der Waals surface area (Å²) in [5, 5.41) is 8.25. The summed E-state index contributed by atoms with van der Waals surface area (Å²) in [6.45, 7) is 2.11. The fourth-order valence-corrected chi connectivity index (χ4v) is 1.06. The zero-order valence-electron chi connectivity index (χ0n) is 4.97. The van der Waals surface area contributed by atoms with E-state index < -0.39 is 0 Å². The molecule has 48 valence electrons. The maximum atomic E-state index is 8.25. The molecule has 1 N–H and O–H groups in total. The molecule has 0 saturated carbocycles. The molecule has 0 aromatic heterocycles. The zero-order valence-corrected chi connectivity index (χ0v) is 6.56. The Hall–Kier alpha value is 0.0200. The lowest BCUT2D eigenvalue weighted by Crippen LogP contribution is -1.89. The Morgan fingerprint density at radius 2 is 2.38 bits per heavy atom. The van der Waals surface area contributed by atoms with Gasteiger partial charge in [-0.25, -0.2) is 0 Å². The van der Waals surface area contributed by atoms with Crippen LogP contribution in [-0.2, 0) is 0 Å². The van der Waals surface area contributed by atoms with Gasteiger partial charge in [-0.1, -0.05) is 29.3 Å². The minimum Gasteiger partial charge on any atom is -0.516 e. The number of hydrogen-bond donors (Lipinski definition) is 1. The van der Waals surface area contributed by atoms with Crippen molar-refractivity contribution in [2.24, 2.45) is 0 Å². The van der Waals surface area contributed by atoms with Gasteiger partial charge in [-0.2, -0.15) is 0 Å². The van der Waals surface area contributed by atoms with Crippen molar-refractivity contribution in [1.82, 2.24) is 0 Å². The van der Waals surface area contributed by atoms with Gasteiger partial charge in [0.1, 0.15) is 0 Å². The number of allylic oxidation sites excluding steroid dienone is 1. The fraction of sp³-hybridized carbons (Fsp3) is 0.667. The zero-order chi connectivity index (χ0) is 6.41. The average molecular weight is 179 g/mol. The Labute approximate surface area is 58.5 Å². The molecule has 0 heterocycles. The van der Waals surface area contributed by atoms with E-state index >= 15 is 0 Å². The second-order valence-corrected chi connectivity index (χ2v) is 2.82. The predicted octanol–water partition coefficient (Wildman–Crippen LogP) is 2.62. The highest BCUT2D eigenvalue weighted by molar-refractivity contribution is 9.09. The second-order valence-electron chi connectivity index (χ2n) is 1.65. The molecule has 0 amide bonds. The van der Waals surface area contributed by atoms with Crippen LogP contribution in [0.3, 0.4) is 0 Å². The van der Waals surface area contributed by atoms with Crippen molar-refractivity contribution in [2.45, 2.75) is 24.6 Å². The molecule has 1 unspecified atom stereocenters. The average Bonchev–Trinajstić information content (AvgIpc) is 1.68. The summed E-state index contributed by atoms with van der Waals surface area (Å²) in [4.78, 5) is 0.345. The molecule has 0 aromatic rings. The third-order valence-electron chi connectivity index (χ3n) is 0.859. The van der Waals surface area contributed by atoms with E-state index in [1.807, 2.05) is 0 Å². The first-order chi connectivity index (χ1) is 3.81. The molecule has 8 heavy (non-hydrogen) atoms. The van der Waals surface area contributed by atoms with Gasteiger partial charge in [-0.3, -0.25) is 0 Å². The maximum Gasteiger partial charge on any atom is 0.0762 e. The summed E-state index contributed by atoms with van der Waals surface area (Å²) in [5.74, 6) is 0. The molecule has 0 fully saturated rings. The van der Waals surface area contributed by atoms with Crippen LogP contribution in [0.1, 0.15) is 19.8 Å². The smallest absolute Gasteiger partial charge is 0.0762 e. The van der Waals surface area contributed by atoms with E-state index in [4.69, 9.17) is 5.11 Å². The van der Waals surface area contributed by atoms with Crippen LogP contribution in [0.5, 0.6) is 0 Å². The lowest BCUT2D eigenvalue weighted by atomic mass is 10.2. The van der Waals surface area contributed by atoms with Crippen molar-refractivity contribution in [2.75, 3.05) is 0 Å². The number of aliphatic hydroxyl groups is 1. The molecular weight excluding hydrogens is 168 g/mol. The van der Waals surface area contributed by atoms with Gasteiger partial charge < -0.3 is 5.11 Å². The highest BCUT2D eigenvalue weighted by Crippen LogP contribution is 2.07. The Morgan fingerprint density at radius 3 is 2.75 bits per heavy atom. The van der Waals surface area contributed by atoms with Gasteiger partial charge in [-0.05, 0) is 12.5 Å². The van der Waals surface area contributed by atoms with Crippen LogP contribution in [0.4, 0.5) is 0 Å².